The van der Waals surface area contributed by atoms with E-state index in [1.165, 1.54) is 17.0 Å². The molecule has 2 aromatic carbocycles. The third-order valence-electron chi connectivity index (χ3n) is 6.05. The summed E-state index contributed by atoms with van der Waals surface area (Å²) in [6.07, 6.45) is 1.10. The number of hydrogen-bond acceptors (Lipinski definition) is 8. The van der Waals surface area contributed by atoms with Gasteiger partial charge in [0.15, 0.2) is 0 Å². The number of rotatable bonds is 16. The normalized spacial score (nSPS) is 11.2. The maximum atomic E-state index is 12.3. The molecule has 3 aromatic rings. The Balaban J connectivity index is 0.00000616. The van der Waals surface area contributed by atoms with E-state index in [2.05, 4.69) is 15.7 Å². The molecular formula is C27H34N6O7STc. The summed E-state index contributed by atoms with van der Waals surface area (Å²) in [6, 6.07) is 15.9. The van der Waals surface area contributed by atoms with E-state index in [1.807, 2.05) is 37.3 Å². The molecule has 1 amide bonds. The number of carbonyl (C=O) groups is 3. The quantitative estimate of drug-likeness (QED) is 0.136. The molecule has 6 N–H and O–H groups in total. The van der Waals surface area contributed by atoms with Crippen LogP contribution in [0.25, 0.3) is 16.9 Å². The Bertz CT molecular complexity index is 1450. The van der Waals surface area contributed by atoms with Gasteiger partial charge >= 0.3 is 11.9 Å². The molecule has 0 aliphatic rings. The molecule has 0 aliphatic heterocycles. The first-order valence-corrected chi connectivity index (χ1v) is 14.4. The van der Waals surface area contributed by atoms with Crippen LogP contribution in [0.4, 0.5) is 0 Å². The van der Waals surface area contributed by atoms with E-state index < -0.39 is 22.0 Å². The molecule has 0 saturated carbocycles. The van der Waals surface area contributed by atoms with Crippen LogP contribution < -0.4 is 15.8 Å². The molecule has 15 heteroatoms. The number of aliphatic carboxylic acids is 2. The fourth-order valence-corrected chi connectivity index (χ4v) is 4.59. The van der Waals surface area contributed by atoms with Crippen molar-refractivity contribution in [3.63, 3.8) is 0 Å². The number of carbonyl (C=O) groups excluding carboxylic acids is 1. The molecule has 3 rings (SSSR count). The summed E-state index contributed by atoms with van der Waals surface area (Å²) in [4.78, 5) is 35.3. The van der Waals surface area contributed by atoms with Crippen LogP contribution in [0.15, 0.2) is 59.5 Å². The molecule has 0 fully saturated rings. The molecule has 0 saturated heterocycles. The summed E-state index contributed by atoms with van der Waals surface area (Å²) >= 11 is 0. The van der Waals surface area contributed by atoms with Crippen LogP contribution in [-0.2, 0) is 51.1 Å². The molecule has 227 valence electrons. The van der Waals surface area contributed by atoms with Gasteiger partial charge in [-0.3, -0.25) is 19.3 Å². The number of benzene rings is 2. The molecule has 0 atom stereocenters. The second-order valence-corrected chi connectivity index (χ2v) is 11.1. The van der Waals surface area contributed by atoms with E-state index in [-0.39, 0.29) is 50.5 Å². The summed E-state index contributed by atoms with van der Waals surface area (Å²) < 4.78 is 25.0. The van der Waals surface area contributed by atoms with Gasteiger partial charge in [-0.05, 0) is 56.6 Å². The average Bonchev–Trinajstić information content (AvgIpc) is 3.32. The average molecular weight is 685 g/mol. The monoisotopic (exact) mass is 683 g/mol. The first kappa shape index (κ1) is 34.7. The molecule has 1 radical (unpaired) electrons. The predicted molar refractivity (Wildman–Crippen MR) is 151 cm³/mol. The van der Waals surface area contributed by atoms with Gasteiger partial charge in [0.05, 0.1) is 41.6 Å². The number of primary sulfonamides is 1. The number of carboxylic acids is 2. The number of sulfonamides is 1. The minimum Gasteiger partial charge on any atom is -0.480 e. The minimum atomic E-state index is -3.83. The maximum Gasteiger partial charge on any atom is 0.317 e. The van der Waals surface area contributed by atoms with Crippen LogP contribution >= 0.6 is 0 Å². The number of aromatic nitrogens is 2. The van der Waals surface area contributed by atoms with Crippen LogP contribution in [0.5, 0.6) is 0 Å². The van der Waals surface area contributed by atoms with Crippen molar-refractivity contribution in [3.05, 3.63) is 65.9 Å². The van der Waals surface area contributed by atoms with Gasteiger partial charge in [-0.15, -0.1) is 0 Å². The first-order valence-electron chi connectivity index (χ1n) is 12.8. The molecule has 0 bridgehead atoms. The van der Waals surface area contributed by atoms with Crippen molar-refractivity contribution in [2.75, 3.05) is 32.7 Å². The van der Waals surface area contributed by atoms with Crippen LogP contribution in [0.3, 0.4) is 0 Å². The topological polar surface area (TPSA) is 197 Å². The number of nitrogens with zero attached hydrogens (tertiary/aromatic N) is 3. The molecule has 1 aromatic heterocycles. The van der Waals surface area contributed by atoms with Crippen molar-refractivity contribution in [1.29, 1.82) is 0 Å². The first-order chi connectivity index (χ1) is 19.4. The molecule has 0 unspecified atom stereocenters. The zero-order valence-electron chi connectivity index (χ0n) is 23.0. The SMILES string of the molecule is Cc1ccc(-c2cc(CNCC(=O)NCCCCN(CC(=O)O)CC(=O)O)nn2-c2ccc(S(N)(=O)=O)cc2)cc1.[Tc]. The second-order valence-electron chi connectivity index (χ2n) is 9.50. The number of amides is 1. The largest absolute Gasteiger partial charge is 0.480 e. The molecular weight excluding hydrogens is 650 g/mol. The van der Waals surface area contributed by atoms with E-state index in [4.69, 9.17) is 15.4 Å². The van der Waals surface area contributed by atoms with Crippen molar-refractivity contribution in [2.24, 2.45) is 5.14 Å². The Morgan fingerprint density at radius 1 is 0.976 bits per heavy atom. The smallest absolute Gasteiger partial charge is 0.317 e. The van der Waals surface area contributed by atoms with Gasteiger partial charge in [-0.25, -0.2) is 18.2 Å². The maximum absolute atomic E-state index is 12.3. The summed E-state index contributed by atoms with van der Waals surface area (Å²) in [7, 11) is -3.83. The van der Waals surface area contributed by atoms with Crippen molar-refractivity contribution in [1.82, 2.24) is 25.3 Å². The van der Waals surface area contributed by atoms with E-state index in [0.717, 1.165) is 16.8 Å². The van der Waals surface area contributed by atoms with Crippen LogP contribution in [0.1, 0.15) is 24.1 Å². The van der Waals surface area contributed by atoms with Gasteiger partial charge in [0.2, 0.25) is 15.9 Å². The van der Waals surface area contributed by atoms with Crippen LogP contribution in [-0.4, -0.2) is 83.9 Å². The number of carboxylic acid groups (broad SMARTS) is 2. The van der Waals surface area contributed by atoms with Crippen LogP contribution in [0.2, 0.25) is 0 Å². The Morgan fingerprint density at radius 3 is 2.17 bits per heavy atom. The number of nitrogens with one attached hydrogen (secondary N) is 2. The second kappa shape index (κ2) is 16.2. The third kappa shape index (κ3) is 11.1. The minimum absolute atomic E-state index is 0. The van der Waals surface area contributed by atoms with E-state index >= 15 is 0 Å². The number of unbranched alkanes of at least 4 members (excludes halogenated alkanes) is 1. The van der Waals surface area contributed by atoms with Gasteiger partial charge in [0, 0.05) is 38.8 Å². The Morgan fingerprint density at radius 2 is 1.60 bits per heavy atom. The van der Waals surface area contributed by atoms with Crippen molar-refractivity contribution in [3.8, 4) is 16.9 Å². The van der Waals surface area contributed by atoms with Gasteiger partial charge in [0.1, 0.15) is 0 Å². The molecule has 1 heterocycles. The van der Waals surface area contributed by atoms with E-state index in [9.17, 15) is 22.8 Å². The van der Waals surface area contributed by atoms with Gasteiger partial charge < -0.3 is 20.8 Å². The Kier molecular flexibility index (Phi) is 13.4. The predicted octanol–water partition coefficient (Wildman–Crippen LogP) is 0.950. The van der Waals surface area contributed by atoms with E-state index in [0.29, 0.717) is 43.9 Å². The summed E-state index contributed by atoms with van der Waals surface area (Å²) in [5.41, 5.74) is 4.11. The fraction of sp³-hybridized carbons (Fsp3) is 0.333. The van der Waals surface area contributed by atoms with Crippen molar-refractivity contribution >= 4 is 27.9 Å². The molecule has 0 aliphatic carbocycles. The fourth-order valence-electron chi connectivity index (χ4n) is 4.07. The van der Waals surface area contributed by atoms with Crippen LogP contribution in [0, 0.1) is 6.92 Å². The zero-order valence-corrected chi connectivity index (χ0v) is 25.7. The third-order valence-corrected chi connectivity index (χ3v) is 6.98. The summed E-state index contributed by atoms with van der Waals surface area (Å²) in [6.45, 7) is 2.28. The Labute approximate surface area is 257 Å². The van der Waals surface area contributed by atoms with Gasteiger partial charge in [-0.2, -0.15) is 5.10 Å². The Hall–Kier alpha value is -3.46. The molecule has 0 spiro atoms. The standard InChI is InChI=1S/C27H34N6O7S.Tc/c1-19-4-6-20(7-5-19)24-14-21(31-33(24)22-8-10-23(11-9-22)41(28,39)40)15-29-16-25(34)30-12-2-3-13-32(17-26(35)36)18-27(37)38;/h4-11,14,29H,2-3,12-13,15-18H2,1H3,(H,30,34)(H,35,36)(H,37,38)(H2,28,39,40);. The van der Waals surface area contributed by atoms with E-state index in [1.54, 1.807) is 16.8 Å². The number of hydrogen-bond donors (Lipinski definition) is 5. The summed E-state index contributed by atoms with van der Waals surface area (Å²) in [5, 5.41) is 33.5. The zero-order chi connectivity index (χ0) is 30.0. The van der Waals surface area contributed by atoms with Crippen molar-refractivity contribution < 1.29 is 53.1 Å². The summed E-state index contributed by atoms with van der Waals surface area (Å²) in [5.74, 6) is -2.42. The molecule has 13 nitrogen and oxygen atoms in total. The van der Waals surface area contributed by atoms with Gasteiger partial charge in [-0.1, -0.05) is 29.8 Å². The number of aryl methyl sites for hydroxylation is 1. The van der Waals surface area contributed by atoms with Crippen molar-refractivity contribution in [2.45, 2.75) is 31.2 Å². The number of nitrogens with two attached hydrogens (primary N) is 1. The van der Waals surface area contributed by atoms with Gasteiger partial charge in [0.25, 0.3) is 0 Å². The molecule has 42 heavy (non-hydrogen) atoms.